The molecular formula is C15H13FN4O4. The van der Waals surface area contributed by atoms with E-state index < -0.39 is 28.7 Å². The number of rotatable bonds is 3. The smallest absolute Gasteiger partial charge is 0.329 e. The lowest BCUT2D eigenvalue weighted by molar-refractivity contribution is 0.176. The highest BCUT2D eigenvalue weighted by Gasteiger charge is 2.16. The Bertz CT molecular complexity index is 1080. The van der Waals surface area contributed by atoms with Crippen molar-refractivity contribution in [3.05, 3.63) is 72.5 Å². The molecule has 0 saturated heterocycles. The predicted octanol–water partition coefficient (Wildman–Crippen LogP) is -0.275. The van der Waals surface area contributed by atoms with Gasteiger partial charge in [0.05, 0.1) is 6.10 Å². The van der Waals surface area contributed by atoms with Gasteiger partial charge in [-0.25, -0.2) is 14.2 Å². The summed E-state index contributed by atoms with van der Waals surface area (Å²) < 4.78 is 14.0. The van der Waals surface area contributed by atoms with Crippen LogP contribution in [0.4, 0.5) is 4.39 Å². The highest BCUT2D eigenvalue weighted by molar-refractivity contribution is 5.68. The van der Waals surface area contributed by atoms with E-state index in [1.165, 1.54) is 31.3 Å². The third-order valence-corrected chi connectivity index (χ3v) is 3.68. The average molecular weight is 332 g/mol. The molecule has 8 nitrogen and oxygen atoms in total. The number of hydrogen-bond acceptors (Lipinski definition) is 5. The van der Waals surface area contributed by atoms with E-state index in [9.17, 15) is 23.9 Å². The molecule has 9 heteroatoms. The van der Waals surface area contributed by atoms with Crippen molar-refractivity contribution >= 4 is 11.2 Å². The van der Waals surface area contributed by atoms with E-state index in [2.05, 4.69) is 15.0 Å². The lowest BCUT2D eigenvalue weighted by atomic mass is 10.1. The highest BCUT2D eigenvalue weighted by Crippen LogP contribution is 2.16. The Morgan fingerprint density at radius 1 is 1.17 bits per heavy atom. The first-order chi connectivity index (χ1) is 11.4. The van der Waals surface area contributed by atoms with Gasteiger partial charge < -0.3 is 10.1 Å². The van der Waals surface area contributed by atoms with E-state index in [0.29, 0.717) is 5.56 Å². The zero-order chi connectivity index (χ0) is 17.4. The molecule has 1 atom stereocenters. The lowest BCUT2D eigenvalue weighted by Gasteiger charge is -2.11. The summed E-state index contributed by atoms with van der Waals surface area (Å²) in [5, 5.41) is 10.2. The molecule has 2 heterocycles. The van der Waals surface area contributed by atoms with Crippen LogP contribution in [-0.4, -0.2) is 24.6 Å². The maximum atomic E-state index is 12.9. The van der Waals surface area contributed by atoms with Gasteiger partial charge in [0.25, 0.3) is 11.1 Å². The van der Waals surface area contributed by atoms with Crippen molar-refractivity contribution in [3.63, 3.8) is 0 Å². The van der Waals surface area contributed by atoms with Gasteiger partial charge in [0.1, 0.15) is 17.2 Å². The normalized spacial score (nSPS) is 12.5. The van der Waals surface area contributed by atoms with Crippen molar-refractivity contribution in [1.82, 2.24) is 19.5 Å². The molecule has 0 aliphatic rings. The van der Waals surface area contributed by atoms with Gasteiger partial charge in [0, 0.05) is 13.5 Å². The second kappa shape index (κ2) is 5.85. The third kappa shape index (κ3) is 2.76. The van der Waals surface area contributed by atoms with E-state index in [1.807, 2.05) is 0 Å². The molecule has 0 bridgehead atoms. The quantitative estimate of drug-likeness (QED) is 0.609. The van der Waals surface area contributed by atoms with Crippen molar-refractivity contribution in [2.75, 3.05) is 0 Å². The molecule has 0 spiro atoms. The first-order valence-corrected chi connectivity index (χ1v) is 7.02. The van der Waals surface area contributed by atoms with Crippen LogP contribution in [0.15, 0.2) is 38.6 Å². The molecule has 2 aromatic heterocycles. The fraction of sp³-hybridized carbons (Fsp3) is 0.200. The minimum atomic E-state index is -1.09. The van der Waals surface area contributed by atoms with Crippen LogP contribution in [0.5, 0.6) is 0 Å². The second-order valence-corrected chi connectivity index (χ2v) is 5.30. The van der Waals surface area contributed by atoms with Crippen molar-refractivity contribution in [2.24, 2.45) is 7.05 Å². The Labute approximate surface area is 133 Å². The van der Waals surface area contributed by atoms with Gasteiger partial charge >= 0.3 is 5.69 Å². The molecule has 0 radical (unpaired) electrons. The summed E-state index contributed by atoms with van der Waals surface area (Å²) in [7, 11) is 1.38. The molecule has 3 N–H and O–H groups in total. The fourth-order valence-electron chi connectivity index (χ4n) is 2.34. The Kier molecular flexibility index (Phi) is 3.86. The number of nitrogens with one attached hydrogen (secondary N) is 2. The fourth-order valence-corrected chi connectivity index (χ4v) is 2.34. The van der Waals surface area contributed by atoms with Crippen molar-refractivity contribution < 1.29 is 9.50 Å². The molecule has 3 rings (SSSR count). The first-order valence-electron chi connectivity index (χ1n) is 7.02. The minimum absolute atomic E-state index is 0.00577. The SMILES string of the molecule is Cn1c(=O)[nH]c(=O)c2nc(C[C@H](O)c3ccc(F)cc3)c(=O)[nH]c21. The zero-order valence-electron chi connectivity index (χ0n) is 12.5. The van der Waals surface area contributed by atoms with Crippen LogP contribution in [-0.2, 0) is 13.5 Å². The maximum absolute atomic E-state index is 12.9. The summed E-state index contributed by atoms with van der Waals surface area (Å²) in [6, 6.07) is 5.17. The molecule has 0 unspecified atom stereocenters. The van der Waals surface area contributed by atoms with E-state index in [1.54, 1.807) is 0 Å². The Hall–Kier alpha value is -3.07. The van der Waals surface area contributed by atoms with Gasteiger partial charge in [-0.2, -0.15) is 0 Å². The first kappa shape index (κ1) is 15.8. The number of fused-ring (bicyclic) bond motifs is 1. The van der Waals surface area contributed by atoms with Gasteiger partial charge in [-0.05, 0) is 17.7 Å². The van der Waals surface area contributed by atoms with Crippen LogP contribution in [0.25, 0.3) is 11.2 Å². The van der Waals surface area contributed by atoms with Gasteiger partial charge in [-0.15, -0.1) is 0 Å². The van der Waals surface area contributed by atoms with Crippen molar-refractivity contribution in [2.45, 2.75) is 12.5 Å². The zero-order valence-corrected chi connectivity index (χ0v) is 12.5. The molecule has 1 aromatic carbocycles. The van der Waals surface area contributed by atoms with Crippen LogP contribution in [0, 0.1) is 5.82 Å². The largest absolute Gasteiger partial charge is 0.388 e. The number of aliphatic hydroxyl groups is 1. The Balaban J connectivity index is 2.06. The minimum Gasteiger partial charge on any atom is -0.388 e. The molecule has 0 aliphatic carbocycles. The highest BCUT2D eigenvalue weighted by atomic mass is 19.1. The van der Waals surface area contributed by atoms with Gasteiger partial charge in [-0.3, -0.25) is 19.1 Å². The number of hydrogen-bond donors (Lipinski definition) is 3. The van der Waals surface area contributed by atoms with Crippen molar-refractivity contribution in [1.29, 1.82) is 0 Å². The monoisotopic (exact) mass is 332 g/mol. The third-order valence-electron chi connectivity index (χ3n) is 3.68. The summed E-state index contributed by atoms with van der Waals surface area (Å²) in [6.07, 6.45) is -1.26. The number of aromatic nitrogens is 4. The number of nitrogens with zero attached hydrogens (tertiary/aromatic N) is 2. The molecule has 0 saturated carbocycles. The molecule has 3 aromatic rings. The lowest BCUT2D eigenvalue weighted by Crippen LogP contribution is -2.32. The van der Waals surface area contributed by atoms with Crippen LogP contribution >= 0.6 is 0 Å². The van der Waals surface area contributed by atoms with E-state index in [-0.39, 0.29) is 23.3 Å². The standard InChI is InChI=1S/C15H13FN4O4/c1-20-12-11(14(23)19-15(20)24)17-9(13(22)18-12)6-10(21)7-2-4-8(16)5-3-7/h2-5,10,21H,6H2,1H3,(H,18,22)(H,19,23,24)/t10-/m0/s1. The number of aliphatic hydroxyl groups excluding tert-OH is 1. The average Bonchev–Trinajstić information content (AvgIpc) is 2.54. The molecular weight excluding hydrogens is 319 g/mol. The number of halogens is 1. The number of benzene rings is 1. The number of H-pyrrole nitrogens is 2. The number of aromatic amines is 2. The van der Waals surface area contributed by atoms with Crippen LogP contribution in [0.3, 0.4) is 0 Å². The van der Waals surface area contributed by atoms with Crippen LogP contribution in [0.2, 0.25) is 0 Å². The Morgan fingerprint density at radius 2 is 1.83 bits per heavy atom. The second-order valence-electron chi connectivity index (χ2n) is 5.30. The number of aryl methyl sites for hydroxylation is 1. The molecule has 0 fully saturated rings. The van der Waals surface area contributed by atoms with Crippen molar-refractivity contribution in [3.8, 4) is 0 Å². The molecule has 124 valence electrons. The van der Waals surface area contributed by atoms with Gasteiger partial charge in [-0.1, -0.05) is 12.1 Å². The van der Waals surface area contributed by atoms with E-state index in [0.717, 1.165) is 4.57 Å². The molecule has 0 aliphatic heterocycles. The summed E-state index contributed by atoms with van der Waals surface area (Å²) in [6.45, 7) is 0. The van der Waals surface area contributed by atoms with Gasteiger partial charge in [0.2, 0.25) is 0 Å². The molecule has 24 heavy (non-hydrogen) atoms. The van der Waals surface area contributed by atoms with Crippen LogP contribution < -0.4 is 16.8 Å². The summed E-state index contributed by atoms with van der Waals surface area (Å²) in [5.41, 5.74) is -1.81. The topological polar surface area (TPSA) is 121 Å². The van der Waals surface area contributed by atoms with E-state index >= 15 is 0 Å². The van der Waals surface area contributed by atoms with E-state index in [4.69, 9.17) is 0 Å². The predicted molar refractivity (Wildman–Crippen MR) is 83.3 cm³/mol. The molecule has 0 amide bonds. The van der Waals surface area contributed by atoms with Gasteiger partial charge in [0.15, 0.2) is 5.52 Å². The Morgan fingerprint density at radius 3 is 2.50 bits per heavy atom. The summed E-state index contributed by atoms with van der Waals surface area (Å²) >= 11 is 0. The van der Waals surface area contributed by atoms with Crippen LogP contribution in [0.1, 0.15) is 17.4 Å². The summed E-state index contributed by atoms with van der Waals surface area (Å²) in [5.74, 6) is -0.444. The maximum Gasteiger partial charge on any atom is 0.329 e. The summed E-state index contributed by atoms with van der Waals surface area (Å²) in [4.78, 5) is 44.0.